The van der Waals surface area contributed by atoms with Crippen LogP contribution in [0.3, 0.4) is 0 Å². The highest BCUT2D eigenvalue weighted by Gasteiger charge is 2.56. The van der Waals surface area contributed by atoms with Crippen LogP contribution in [0.15, 0.2) is 95.1 Å². The number of carbonyl (C=O) groups excluding carboxylic acids is 4. The molecule has 1 heterocycles. The second-order valence-corrected chi connectivity index (χ2v) is 11.3. The molecule has 8 heteroatoms. The van der Waals surface area contributed by atoms with Crippen LogP contribution in [0.1, 0.15) is 41.6 Å². The standard InChI is InChI=1S/C34H25NO7/c1-16-13-26(36)29-25(30(16)37)15-24-21(27(29)22-10-9-17-5-2-3-8-20(17)31(22)38)11-12-23-28(24)33(40)35(32(23)39)19-7-4-6-18(14-19)34(41)42/h2-11,13-14,23-24,27-28,38H,12,15H2,1H3,(H,41,42). The van der Waals surface area contributed by atoms with Crippen molar-refractivity contribution in [3.8, 4) is 5.75 Å². The molecule has 3 aromatic carbocycles. The number of amides is 2. The van der Waals surface area contributed by atoms with Crippen molar-refractivity contribution in [3.63, 3.8) is 0 Å². The molecular weight excluding hydrogens is 534 g/mol. The van der Waals surface area contributed by atoms with E-state index in [1.54, 1.807) is 19.1 Å². The van der Waals surface area contributed by atoms with E-state index in [1.807, 2.05) is 30.3 Å². The van der Waals surface area contributed by atoms with E-state index in [4.69, 9.17) is 0 Å². The van der Waals surface area contributed by atoms with E-state index in [0.717, 1.165) is 15.9 Å². The molecule has 208 valence electrons. The molecule has 2 N–H and O–H groups in total. The third-order valence-corrected chi connectivity index (χ3v) is 9.16. The number of phenolic OH excluding ortho intramolecular Hbond substituents is 1. The Bertz CT molecular complexity index is 1890. The average Bonchev–Trinajstić information content (AvgIpc) is 3.25. The van der Waals surface area contributed by atoms with Crippen LogP contribution in [-0.4, -0.2) is 39.6 Å². The lowest BCUT2D eigenvalue weighted by atomic mass is 9.59. The number of hydrogen-bond acceptors (Lipinski definition) is 6. The predicted molar refractivity (Wildman–Crippen MR) is 153 cm³/mol. The van der Waals surface area contributed by atoms with Crippen molar-refractivity contribution in [2.75, 3.05) is 4.90 Å². The summed E-state index contributed by atoms with van der Waals surface area (Å²) in [4.78, 5) is 67.4. The lowest BCUT2D eigenvalue weighted by Crippen LogP contribution is -2.39. The second-order valence-electron chi connectivity index (χ2n) is 11.3. The maximum Gasteiger partial charge on any atom is 0.335 e. The number of aromatic hydroxyl groups is 1. The molecule has 3 aliphatic carbocycles. The molecule has 4 atom stereocenters. The van der Waals surface area contributed by atoms with Crippen molar-refractivity contribution in [2.45, 2.75) is 25.7 Å². The Kier molecular flexibility index (Phi) is 5.66. The molecule has 0 spiro atoms. The normalized spacial score (nSPS) is 25.2. The molecule has 1 aliphatic heterocycles. The minimum Gasteiger partial charge on any atom is -0.507 e. The molecular formula is C34H25NO7. The van der Waals surface area contributed by atoms with Gasteiger partial charge in [0, 0.05) is 33.6 Å². The summed E-state index contributed by atoms with van der Waals surface area (Å²) in [7, 11) is 0. The molecule has 4 aliphatic rings. The van der Waals surface area contributed by atoms with Crippen LogP contribution >= 0.6 is 0 Å². The monoisotopic (exact) mass is 559 g/mol. The van der Waals surface area contributed by atoms with Gasteiger partial charge in [-0.25, -0.2) is 4.79 Å². The van der Waals surface area contributed by atoms with Crippen LogP contribution in [0.25, 0.3) is 10.8 Å². The number of allylic oxidation sites excluding steroid dienone is 6. The number of ketones is 2. The van der Waals surface area contributed by atoms with Gasteiger partial charge in [0.15, 0.2) is 11.6 Å². The summed E-state index contributed by atoms with van der Waals surface area (Å²) in [6, 6.07) is 16.7. The molecule has 0 bridgehead atoms. The van der Waals surface area contributed by atoms with Crippen LogP contribution in [0, 0.1) is 17.8 Å². The van der Waals surface area contributed by atoms with E-state index in [1.165, 1.54) is 30.3 Å². The minimum absolute atomic E-state index is 0.00100. The zero-order valence-corrected chi connectivity index (χ0v) is 22.5. The number of Topliss-reactive ketones (excluding diaryl/α,β-unsaturated/α-hetero) is 1. The topological polar surface area (TPSA) is 129 Å². The first-order valence-corrected chi connectivity index (χ1v) is 13.8. The minimum atomic E-state index is -1.18. The Morgan fingerprint density at radius 3 is 2.50 bits per heavy atom. The summed E-state index contributed by atoms with van der Waals surface area (Å²) in [5, 5.41) is 22.4. The maximum atomic E-state index is 14.0. The molecule has 0 saturated carbocycles. The van der Waals surface area contributed by atoms with Crippen molar-refractivity contribution in [1.82, 2.24) is 0 Å². The van der Waals surface area contributed by atoms with Gasteiger partial charge in [0.25, 0.3) is 0 Å². The molecule has 42 heavy (non-hydrogen) atoms. The smallest absolute Gasteiger partial charge is 0.335 e. The van der Waals surface area contributed by atoms with Gasteiger partial charge >= 0.3 is 5.97 Å². The third-order valence-electron chi connectivity index (χ3n) is 9.16. The lowest BCUT2D eigenvalue weighted by molar-refractivity contribution is -0.123. The van der Waals surface area contributed by atoms with Crippen LogP contribution in [-0.2, 0) is 19.2 Å². The van der Waals surface area contributed by atoms with Gasteiger partial charge < -0.3 is 10.2 Å². The number of anilines is 1. The Hall–Kier alpha value is -5.11. The van der Waals surface area contributed by atoms with Crippen molar-refractivity contribution in [3.05, 3.63) is 106 Å². The third kappa shape index (κ3) is 3.57. The second kappa shape index (κ2) is 9.21. The Morgan fingerprint density at radius 1 is 0.929 bits per heavy atom. The predicted octanol–water partition coefficient (Wildman–Crippen LogP) is 4.88. The van der Waals surface area contributed by atoms with Crippen molar-refractivity contribution in [1.29, 1.82) is 0 Å². The number of imide groups is 1. The first kappa shape index (κ1) is 25.8. The summed E-state index contributed by atoms with van der Waals surface area (Å²) in [5.74, 6) is -5.47. The Labute approximate surface area is 240 Å². The van der Waals surface area contributed by atoms with Crippen LogP contribution < -0.4 is 4.90 Å². The van der Waals surface area contributed by atoms with Gasteiger partial charge in [-0.2, -0.15) is 0 Å². The number of fused-ring (bicyclic) bond motifs is 4. The van der Waals surface area contributed by atoms with Crippen LogP contribution in [0.2, 0.25) is 0 Å². The molecule has 4 unspecified atom stereocenters. The first-order chi connectivity index (χ1) is 20.2. The van der Waals surface area contributed by atoms with Gasteiger partial charge in [0.1, 0.15) is 5.75 Å². The SMILES string of the molecule is CC1=CC(=O)C2=C(CC3C(=CCC4C(=O)N(c5cccc(C(=O)O)c5)C(=O)C43)C2c2ccc3ccccc3c2O)C1=O. The molecule has 8 nitrogen and oxygen atoms in total. The van der Waals surface area contributed by atoms with E-state index in [2.05, 4.69) is 0 Å². The molecule has 7 rings (SSSR count). The average molecular weight is 560 g/mol. The maximum absolute atomic E-state index is 14.0. The highest BCUT2D eigenvalue weighted by atomic mass is 16.4. The summed E-state index contributed by atoms with van der Waals surface area (Å²) >= 11 is 0. The number of benzene rings is 3. The van der Waals surface area contributed by atoms with Crippen molar-refractivity contribution >= 4 is 45.8 Å². The van der Waals surface area contributed by atoms with Crippen LogP contribution in [0.4, 0.5) is 5.69 Å². The summed E-state index contributed by atoms with van der Waals surface area (Å²) in [5.41, 5.74) is 2.26. The Balaban J connectivity index is 1.38. The zero-order valence-electron chi connectivity index (χ0n) is 22.5. The number of aromatic carboxylic acids is 1. The van der Waals surface area contributed by atoms with Gasteiger partial charge in [-0.05, 0) is 55.3 Å². The van der Waals surface area contributed by atoms with Crippen LogP contribution in [0.5, 0.6) is 5.75 Å². The summed E-state index contributed by atoms with van der Waals surface area (Å²) < 4.78 is 0. The number of hydrogen-bond donors (Lipinski definition) is 2. The number of nitrogens with zero attached hydrogens (tertiary/aromatic N) is 1. The highest BCUT2D eigenvalue weighted by molar-refractivity contribution is 6.25. The fourth-order valence-electron chi connectivity index (χ4n) is 7.27. The summed E-state index contributed by atoms with van der Waals surface area (Å²) in [6.45, 7) is 1.59. The van der Waals surface area contributed by atoms with Gasteiger partial charge in [0.2, 0.25) is 11.8 Å². The van der Waals surface area contributed by atoms with E-state index in [9.17, 15) is 34.2 Å². The number of carbonyl (C=O) groups is 5. The fourth-order valence-corrected chi connectivity index (χ4v) is 7.27. The Morgan fingerprint density at radius 2 is 1.71 bits per heavy atom. The zero-order chi connectivity index (χ0) is 29.4. The van der Waals surface area contributed by atoms with Crippen molar-refractivity contribution < 1.29 is 34.2 Å². The van der Waals surface area contributed by atoms with Gasteiger partial charge in [-0.1, -0.05) is 54.1 Å². The number of phenols is 1. The number of rotatable bonds is 3. The fraction of sp³-hybridized carbons (Fsp3) is 0.206. The first-order valence-electron chi connectivity index (χ1n) is 13.8. The molecule has 3 aromatic rings. The number of carboxylic acids is 1. The van der Waals surface area contributed by atoms with Crippen molar-refractivity contribution in [2.24, 2.45) is 17.8 Å². The van der Waals surface area contributed by atoms with E-state index in [-0.39, 0.29) is 41.4 Å². The quantitative estimate of drug-likeness (QED) is 0.266. The van der Waals surface area contributed by atoms with Gasteiger partial charge in [0.05, 0.1) is 23.1 Å². The van der Waals surface area contributed by atoms with Gasteiger partial charge in [-0.3, -0.25) is 24.1 Å². The molecule has 0 radical (unpaired) electrons. The highest BCUT2D eigenvalue weighted by Crippen LogP contribution is 2.56. The molecule has 1 fully saturated rings. The number of carboxylic acid groups (broad SMARTS) is 1. The van der Waals surface area contributed by atoms with E-state index in [0.29, 0.717) is 27.7 Å². The molecule has 2 amide bonds. The largest absolute Gasteiger partial charge is 0.507 e. The van der Waals surface area contributed by atoms with E-state index < -0.39 is 41.5 Å². The van der Waals surface area contributed by atoms with E-state index >= 15 is 0 Å². The lowest BCUT2D eigenvalue weighted by Gasteiger charge is -2.42. The summed E-state index contributed by atoms with van der Waals surface area (Å²) in [6.07, 6.45) is 3.58. The van der Waals surface area contributed by atoms with Gasteiger partial charge in [-0.15, -0.1) is 0 Å². The molecule has 0 aromatic heterocycles. The molecule has 1 saturated heterocycles.